The van der Waals surface area contributed by atoms with Crippen LogP contribution < -0.4 is 5.73 Å². The van der Waals surface area contributed by atoms with Crippen LogP contribution in [-0.2, 0) is 4.79 Å². The summed E-state index contributed by atoms with van der Waals surface area (Å²) in [5.41, 5.74) is 5.54. The molecule has 2 N–H and O–H groups in total. The number of carbonyl (C=O) groups excluding carboxylic acids is 1. The van der Waals surface area contributed by atoms with Crippen LogP contribution in [0.2, 0.25) is 0 Å². The van der Waals surface area contributed by atoms with Crippen molar-refractivity contribution in [2.45, 2.75) is 56.9 Å². The summed E-state index contributed by atoms with van der Waals surface area (Å²) in [5, 5.41) is 0. The molecule has 0 bridgehead atoms. The lowest BCUT2D eigenvalue weighted by Gasteiger charge is -2.31. The van der Waals surface area contributed by atoms with Crippen LogP contribution in [0.15, 0.2) is 0 Å². The van der Waals surface area contributed by atoms with Crippen LogP contribution in [0.25, 0.3) is 0 Å². The van der Waals surface area contributed by atoms with Crippen LogP contribution in [-0.4, -0.2) is 35.9 Å². The van der Waals surface area contributed by atoms with E-state index in [0.717, 1.165) is 25.7 Å². The van der Waals surface area contributed by atoms with Crippen molar-refractivity contribution >= 4 is 5.91 Å². The minimum Gasteiger partial charge on any atom is -0.338 e. The largest absolute Gasteiger partial charge is 0.338 e. The topological polar surface area (TPSA) is 46.3 Å². The molecule has 5 heteroatoms. The number of alkyl halides is 2. The Labute approximate surface area is 107 Å². The molecule has 104 valence electrons. The number of amides is 1. The van der Waals surface area contributed by atoms with E-state index < -0.39 is 11.8 Å². The summed E-state index contributed by atoms with van der Waals surface area (Å²) in [5.74, 6) is -3.23. The maximum atomic E-state index is 13.2. The molecule has 0 aromatic carbocycles. The van der Waals surface area contributed by atoms with Gasteiger partial charge in [0.15, 0.2) is 0 Å². The van der Waals surface area contributed by atoms with E-state index >= 15 is 0 Å². The van der Waals surface area contributed by atoms with Crippen molar-refractivity contribution in [1.29, 1.82) is 0 Å². The van der Waals surface area contributed by atoms with Gasteiger partial charge in [-0.1, -0.05) is 12.8 Å². The van der Waals surface area contributed by atoms with Crippen LogP contribution in [0.4, 0.5) is 8.78 Å². The van der Waals surface area contributed by atoms with Gasteiger partial charge in [0.25, 0.3) is 0 Å². The highest BCUT2D eigenvalue weighted by atomic mass is 19.3. The minimum atomic E-state index is -2.65. The molecule has 0 spiro atoms. The minimum absolute atomic E-state index is 0.0930. The second-order valence-electron chi connectivity index (χ2n) is 5.55. The first-order valence-corrected chi connectivity index (χ1v) is 6.92. The van der Waals surface area contributed by atoms with Gasteiger partial charge in [-0.15, -0.1) is 0 Å². The third-order valence-corrected chi connectivity index (χ3v) is 4.17. The van der Waals surface area contributed by atoms with Crippen molar-refractivity contribution < 1.29 is 13.6 Å². The number of halogens is 2. The molecular formula is C13H22F2N2O. The van der Waals surface area contributed by atoms with E-state index in [1.54, 1.807) is 4.90 Å². The van der Waals surface area contributed by atoms with Crippen molar-refractivity contribution in [3.63, 3.8) is 0 Å². The van der Waals surface area contributed by atoms with E-state index in [4.69, 9.17) is 5.73 Å². The fourth-order valence-electron chi connectivity index (χ4n) is 3.22. The summed E-state index contributed by atoms with van der Waals surface area (Å²) in [7, 11) is 0. The van der Waals surface area contributed by atoms with Gasteiger partial charge in [0.2, 0.25) is 11.8 Å². The Kier molecular flexibility index (Phi) is 4.20. The van der Waals surface area contributed by atoms with Crippen molar-refractivity contribution in [1.82, 2.24) is 4.90 Å². The average Bonchev–Trinajstić information content (AvgIpc) is 2.94. The lowest BCUT2D eigenvalue weighted by atomic mass is 10.0. The molecule has 3 nitrogen and oxygen atoms in total. The quantitative estimate of drug-likeness (QED) is 0.842. The number of rotatable bonds is 4. The molecule has 0 aromatic heterocycles. The van der Waals surface area contributed by atoms with E-state index in [1.807, 2.05) is 0 Å². The van der Waals surface area contributed by atoms with Crippen LogP contribution in [0, 0.1) is 5.92 Å². The average molecular weight is 260 g/mol. The number of nitrogens with zero attached hydrogens (tertiary/aromatic N) is 1. The molecule has 2 saturated carbocycles. The number of hydrogen-bond donors (Lipinski definition) is 1. The summed E-state index contributed by atoms with van der Waals surface area (Å²) in [6.07, 6.45) is 4.13. The zero-order valence-corrected chi connectivity index (χ0v) is 10.7. The first-order chi connectivity index (χ1) is 8.53. The van der Waals surface area contributed by atoms with Crippen LogP contribution >= 0.6 is 0 Å². The molecule has 2 aliphatic rings. The fourth-order valence-corrected chi connectivity index (χ4v) is 3.22. The van der Waals surface area contributed by atoms with E-state index in [2.05, 4.69) is 0 Å². The molecule has 1 unspecified atom stereocenters. The van der Waals surface area contributed by atoms with Crippen molar-refractivity contribution in [3.8, 4) is 0 Å². The van der Waals surface area contributed by atoms with Gasteiger partial charge in [0, 0.05) is 37.9 Å². The van der Waals surface area contributed by atoms with Gasteiger partial charge < -0.3 is 10.6 Å². The first-order valence-electron chi connectivity index (χ1n) is 6.92. The second-order valence-corrected chi connectivity index (χ2v) is 5.55. The standard InChI is InChI=1S/C13H22F2N2O/c14-13(15)6-5-10(9-13)12(18)17(8-7-16)11-3-1-2-4-11/h10-11H,1-9,16H2. The van der Waals surface area contributed by atoms with Crippen molar-refractivity contribution in [2.24, 2.45) is 11.7 Å². The second kappa shape index (κ2) is 5.51. The van der Waals surface area contributed by atoms with Gasteiger partial charge in [-0.2, -0.15) is 0 Å². The third-order valence-electron chi connectivity index (χ3n) is 4.17. The molecule has 2 rings (SSSR count). The van der Waals surface area contributed by atoms with Crippen molar-refractivity contribution in [2.75, 3.05) is 13.1 Å². The smallest absolute Gasteiger partial charge is 0.248 e. The molecule has 1 amide bonds. The molecule has 0 heterocycles. The summed E-state index contributed by atoms with van der Waals surface area (Å²) < 4.78 is 26.4. The lowest BCUT2D eigenvalue weighted by molar-refractivity contribution is -0.138. The number of carbonyl (C=O) groups is 1. The molecular weight excluding hydrogens is 238 g/mol. The Bertz CT molecular complexity index is 303. The summed E-state index contributed by atoms with van der Waals surface area (Å²) >= 11 is 0. The molecule has 1 atom stereocenters. The molecule has 0 aliphatic heterocycles. The predicted molar refractivity (Wildman–Crippen MR) is 65.3 cm³/mol. The number of hydrogen-bond acceptors (Lipinski definition) is 2. The molecule has 2 fully saturated rings. The Morgan fingerprint density at radius 3 is 2.44 bits per heavy atom. The van der Waals surface area contributed by atoms with Crippen LogP contribution in [0.5, 0.6) is 0 Å². The fraction of sp³-hybridized carbons (Fsp3) is 0.923. The SMILES string of the molecule is NCCN(C(=O)C1CCC(F)(F)C1)C1CCCC1. The predicted octanol–water partition coefficient (Wildman–Crippen LogP) is 2.15. The van der Waals surface area contributed by atoms with Gasteiger partial charge in [0.05, 0.1) is 0 Å². The Balaban J connectivity index is 1.99. The van der Waals surface area contributed by atoms with Crippen LogP contribution in [0.1, 0.15) is 44.9 Å². The zero-order chi connectivity index (χ0) is 13.2. The summed E-state index contributed by atoms with van der Waals surface area (Å²) in [4.78, 5) is 14.1. The highest BCUT2D eigenvalue weighted by molar-refractivity contribution is 5.79. The highest BCUT2D eigenvalue weighted by Gasteiger charge is 2.44. The molecule has 18 heavy (non-hydrogen) atoms. The Hall–Kier alpha value is -0.710. The molecule has 2 aliphatic carbocycles. The Morgan fingerprint density at radius 2 is 1.94 bits per heavy atom. The lowest BCUT2D eigenvalue weighted by Crippen LogP contribution is -2.44. The highest BCUT2D eigenvalue weighted by Crippen LogP contribution is 2.40. The van der Waals surface area contributed by atoms with Crippen molar-refractivity contribution in [3.05, 3.63) is 0 Å². The van der Waals surface area contributed by atoms with Gasteiger partial charge in [-0.05, 0) is 19.3 Å². The third kappa shape index (κ3) is 2.99. The summed E-state index contributed by atoms with van der Waals surface area (Å²) in [6.45, 7) is 0.914. The normalized spacial score (nSPS) is 27.6. The molecule has 0 radical (unpaired) electrons. The van der Waals surface area contributed by atoms with Gasteiger partial charge >= 0.3 is 0 Å². The monoisotopic (exact) mass is 260 g/mol. The zero-order valence-electron chi connectivity index (χ0n) is 10.7. The van der Waals surface area contributed by atoms with E-state index in [1.165, 1.54) is 0 Å². The Morgan fingerprint density at radius 1 is 1.28 bits per heavy atom. The number of nitrogens with two attached hydrogens (primary N) is 1. The summed E-state index contributed by atoms with van der Waals surface area (Å²) in [6, 6.07) is 0.232. The van der Waals surface area contributed by atoms with E-state index in [9.17, 15) is 13.6 Å². The van der Waals surface area contributed by atoms with Gasteiger partial charge in [-0.25, -0.2) is 8.78 Å². The van der Waals surface area contributed by atoms with Gasteiger partial charge in [0.1, 0.15) is 0 Å². The van der Waals surface area contributed by atoms with Crippen LogP contribution in [0.3, 0.4) is 0 Å². The van der Waals surface area contributed by atoms with E-state index in [0.29, 0.717) is 19.5 Å². The van der Waals surface area contributed by atoms with Gasteiger partial charge in [-0.3, -0.25) is 4.79 Å². The first kappa shape index (κ1) is 13.7. The maximum Gasteiger partial charge on any atom is 0.248 e. The molecule has 0 saturated heterocycles. The molecule has 0 aromatic rings. The maximum absolute atomic E-state index is 13.2. The van der Waals surface area contributed by atoms with E-state index in [-0.39, 0.29) is 24.8 Å².